The molecule has 2 aromatic rings. The van der Waals surface area contributed by atoms with E-state index < -0.39 is 0 Å². The van der Waals surface area contributed by atoms with Gasteiger partial charge >= 0.3 is 0 Å². The SMILES string of the molecule is O=C(Cc1cccc(Cl)c1Cl)c1ncccc1Cl. The molecule has 0 saturated heterocycles. The fraction of sp³-hybridized carbons (Fsp3) is 0.0769. The number of pyridine rings is 1. The molecule has 0 bridgehead atoms. The molecule has 0 aliphatic rings. The summed E-state index contributed by atoms with van der Waals surface area (Å²) in [5, 5.41) is 1.15. The second-order valence-electron chi connectivity index (χ2n) is 3.65. The highest BCUT2D eigenvalue weighted by molar-refractivity contribution is 6.42. The maximum absolute atomic E-state index is 12.0. The number of halogens is 3. The van der Waals surface area contributed by atoms with Gasteiger partial charge in [-0.05, 0) is 23.8 Å². The third kappa shape index (κ3) is 2.83. The third-order valence-electron chi connectivity index (χ3n) is 2.41. The van der Waals surface area contributed by atoms with Crippen LogP contribution in [0.15, 0.2) is 36.5 Å². The summed E-state index contributed by atoms with van der Waals surface area (Å²) < 4.78 is 0. The lowest BCUT2D eigenvalue weighted by Gasteiger charge is -2.05. The molecule has 2 nitrogen and oxygen atoms in total. The van der Waals surface area contributed by atoms with E-state index in [-0.39, 0.29) is 17.9 Å². The Hall–Kier alpha value is -1.09. The molecule has 0 spiro atoms. The van der Waals surface area contributed by atoms with Crippen molar-refractivity contribution in [3.63, 3.8) is 0 Å². The molecule has 92 valence electrons. The van der Waals surface area contributed by atoms with Crippen LogP contribution in [-0.4, -0.2) is 10.8 Å². The van der Waals surface area contributed by atoms with Crippen molar-refractivity contribution in [1.29, 1.82) is 0 Å². The molecule has 0 aliphatic carbocycles. The molecule has 1 aromatic carbocycles. The summed E-state index contributed by atoms with van der Waals surface area (Å²) in [4.78, 5) is 16.0. The number of carbonyl (C=O) groups is 1. The second-order valence-corrected chi connectivity index (χ2v) is 4.84. The van der Waals surface area contributed by atoms with Gasteiger partial charge < -0.3 is 0 Å². The molecule has 0 N–H and O–H groups in total. The van der Waals surface area contributed by atoms with Gasteiger partial charge in [0.05, 0.1) is 15.1 Å². The molecule has 1 heterocycles. The molecule has 0 fully saturated rings. The van der Waals surface area contributed by atoms with Crippen molar-refractivity contribution in [2.75, 3.05) is 0 Å². The smallest absolute Gasteiger partial charge is 0.187 e. The van der Waals surface area contributed by atoms with Crippen molar-refractivity contribution in [3.05, 3.63) is 62.9 Å². The number of hydrogen-bond donors (Lipinski definition) is 0. The predicted octanol–water partition coefficient (Wildman–Crippen LogP) is 4.47. The monoisotopic (exact) mass is 299 g/mol. The zero-order valence-corrected chi connectivity index (χ0v) is 11.4. The topological polar surface area (TPSA) is 30.0 Å². The zero-order chi connectivity index (χ0) is 13.1. The van der Waals surface area contributed by atoms with Gasteiger partial charge in [-0.15, -0.1) is 0 Å². The van der Waals surface area contributed by atoms with E-state index >= 15 is 0 Å². The number of ketones is 1. The van der Waals surface area contributed by atoms with Crippen molar-refractivity contribution < 1.29 is 4.79 Å². The van der Waals surface area contributed by atoms with Crippen LogP contribution < -0.4 is 0 Å². The molecule has 0 aliphatic heterocycles. The number of hydrogen-bond acceptors (Lipinski definition) is 2. The van der Waals surface area contributed by atoms with E-state index in [4.69, 9.17) is 34.8 Å². The van der Waals surface area contributed by atoms with Crippen molar-refractivity contribution in [3.8, 4) is 0 Å². The summed E-state index contributed by atoms with van der Waals surface area (Å²) >= 11 is 17.8. The van der Waals surface area contributed by atoms with E-state index in [0.717, 1.165) is 0 Å². The first-order valence-corrected chi connectivity index (χ1v) is 6.29. The quantitative estimate of drug-likeness (QED) is 0.783. The Bertz CT molecular complexity index is 599. The lowest BCUT2D eigenvalue weighted by Crippen LogP contribution is -2.07. The maximum atomic E-state index is 12.0. The molecule has 0 saturated carbocycles. The summed E-state index contributed by atoms with van der Waals surface area (Å²) in [5.41, 5.74) is 0.908. The predicted molar refractivity (Wildman–Crippen MR) is 73.7 cm³/mol. The normalized spacial score (nSPS) is 10.4. The Balaban J connectivity index is 2.27. The molecule has 5 heteroatoms. The lowest BCUT2D eigenvalue weighted by atomic mass is 10.1. The highest BCUT2D eigenvalue weighted by Gasteiger charge is 2.14. The van der Waals surface area contributed by atoms with Gasteiger partial charge in [-0.1, -0.05) is 46.9 Å². The minimum Gasteiger partial charge on any atom is -0.292 e. The number of carbonyl (C=O) groups excluding carboxylic acids is 1. The first-order chi connectivity index (χ1) is 8.59. The molecule has 0 radical (unpaired) electrons. The fourth-order valence-corrected chi connectivity index (χ4v) is 2.15. The largest absolute Gasteiger partial charge is 0.292 e. The Morgan fingerprint density at radius 1 is 1.06 bits per heavy atom. The van der Waals surface area contributed by atoms with Crippen LogP contribution in [0.4, 0.5) is 0 Å². The zero-order valence-electron chi connectivity index (χ0n) is 9.16. The van der Waals surface area contributed by atoms with Crippen molar-refractivity contribution in [2.45, 2.75) is 6.42 Å². The molecule has 0 unspecified atom stereocenters. The van der Waals surface area contributed by atoms with Crippen molar-refractivity contribution in [2.24, 2.45) is 0 Å². The Morgan fingerprint density at radius 2 is 1.78 bits per heavy atom. The van der Waals surface area contributed by atoms with E-state index in [0.29, 0.717) is 20.6 Å². The van der Waals surface area contributed by atoms with Crippen LogP contribution >= 0.6 is 34.8 Å². The van der Waals surface area contributed by atoms with E-state index in [1.54, 1.807) is 30.3 Å². The highest BCUT2D eigenvalue weighted by Crippen LogP contribution is 2.27. The van der Waals surface area contributed by atoms with E-state index in [2.05, 4.69) is 4.98 Å². The highest BCUT2D eigenvalue weighted by atomic mass is 35.5. The van der Waals surface area contributed by atoms with Gasteiger partial charge in [-0.3, -0.25) is 9.78 Å². The van der Waals surface area contributed by atoms with Gasteiger partial charge in [-0.2, -0.15) is 0 Å². The van der Waals surface area contributed by atoms with Crippen LogP contribution in [0.1, 0.15) is 16.1 Å². The number of benzene rings is 1. The summed E-state index contributed by atoms with van der Waals surface area (Å²) in [6.45, 7) is 0. The third-order valence-corrected chi connectivity index (χ3v) is 3.57. The first kappa shape index (κ1) is 13.3. The van der Waals surface area contributed by atoms with E-state index in [1.165, 1.54) is 6.20 Å². The van der Waals surface area contributed by atoms with Gasteiger partial charge in [-0.25, -0.2) is 0 Å². The van der Waals surface area contributed by atoms with Crippen LogP contribution in [-0.2, 0) is 6.42 Å². The summed E-state index contributed by atoms with van der Waals surface area (Å²) in [6.07, 6.45) is 1.65. The molecule has 2 rings (SSSR count). The van der Waals surface area contributed by atoms with Crippen molar-refractivity contribution in [1.82, 2.24) is 4.98 Å². The fourth-order valence-electron chi connectivity index (χ4n) is 1.53. The number of Topliss-reactive ketones (excluding diaryl/α,β-unsaturated/α-hetero) is 1. The van der Waals surface area contributed by atoms with Gasteiger partial charge in [0.25, 0.3) is 0 Å². The Kier molecular flexibility index (Phi) is 4.23. The van der Waals surface area contributed by atoms with Crippen LogP contribution in [0, 0.1) is 0 Å². The Morgan fingerprint density at radius 3 is 2.50 bits per heavy atom. The van der Waals surface area contributed by atoms with Crippen LogP contribution in [0.25, 0.3) is 0 Å². The second kappa shape index (κ2) is 5.70. The van der Waals surface area contributed by atoms with Gasteiger partial charge in [0.2, 0.25) is 0 Å². The maximum Gasteiger partial charge on any atom is 0.187 e. The minimum atomic E-state index is -0.190. The van der Waals surface area contributed by atoms with Crippen LogP contribution in [0.5, 0.6) is 0 Å². The molecule has 1 aromatic heterocycles. The van der Waals surface area contributed by atoms with E-state index in [9.17, 15) is 4.79 Å². The number of rotatable bonds is 3. The van der Waals surface area contributed by atoms with Crippen molar-refractivity contribution >= 4 is 40.6 Å². The average molecular weight is 301 g/mol. The number of aromatic nitrogens is 1. The molecular weight excluding hydrogens is 293 g/mol. The average Bonchev–Trinajstić information content (AvgIpc) is 2.35. The molecule has 18 heavy (non-hydrogen) atoms. The summed E-state index contributed by atoms with van der Waals surface area (Å²) in [7, 11) is 0. The van der Waals surface area contributed by atoms with Gasteiger partial charge in [0.1, 0.15) is 5.69 Å². The molecule has 0 amide bonds. The lowest BCUT2D eigenvalue weighted by molar-refractivity contribution is 0.0988. The standard InChI is InChI=1S/C13H8Cl3NO/c14-9-4-1-3-8(12(9)16)7-11(18)13-10(15)5-2-6-17-13/h1-6H,7H2. The summed E-state index contributed by atoms with van der Waals surface area (Å²) in [5.74, 6) is -0.190. The minimum absolute atomic E-state index is 0.121. The Labute approximate surface area is 120 Å². The van der Waals surface area contributed by atoms with Gasteiger partial charge in [0.15, 0.2) is 5.78 Å². The molecular formula is C13H8Cl3NO. The molecule has 0 atom stereocenters. The first-order valence-electron chi connectivity index (χ1n) is 5.16. The van der Waals surface area contributed by atoms with Crippen LogP contribution in [0.3, 0.4) is 0 Å². The summed E-state index contributed by atoms with van der Waals surface area (Å²) in [6, 6.07) is 8.47. The van der Waals surface area contributed by atoms with E-state index in [1.807, 2.05) is 0 Å². The van der Waals surface area contributed by atoms with Crippen LogP contribution in [0.2, 0.25) is 15.1 Å². The van der Waals surface area contributed by atoms with Gasteiger partial charge in [0, 0.05) is 12.6 Å². The number of nitrogens with zero attached hydrogens (tertiary/aromatic N) is 1.